The number of aryl methyl sites for hydroxylation is 1. The van der Waals surface area contributed by atoms with Gasteiger partial charge in [0.05, 0.1) is 17.4 Å². The summed E-state index contributed by atoms with van der Waals surface area (Å²) in [7, 11) is 1.85. The van der Waals surface area contributed by atoms with E-state index in [9.17, 15) is 9.59 Å². The molecule has 2 aromatic heterocycles. The number of primary amides is 1. The summed E-state index contributed by atoms with van der Waals surface area (Å²) in [5.41, 5.74) is 6.53. The maximum absolute atomic E-state index is 12.3. The van der Waals surface area contributed by atoms with Gasteiger partial charge in [0.2, 0.25) is 5.95 Å². The van der Waals surface area contributed by atoms with Gasteiger partial charge in [-0.05, 0) is 51.7 Å². The third-order valence-corrected chi connectivity index (χ3v) is 6.10. The Morgan fingerprint density at radius 1 is 1.16 bits per heavy atom. The molecular formula is C26H39N9O3. The summed E-state index contributed by atoms with van der Waals surface area (Å²) >= 11 is 0. The van der Waals surface area contributed by atoms with Crippen molar-refractivity contribution in [3.8, 4) is 0 Å². The Morgan fingerprint density at radius 2 is 1.89 bits per heavy atom. The maximum atomic E-state index is 12.3. The van der Waals surface area contributed by atoms with Crippen LogP contribution in [0, 0.1) is 5.92 Å². The topological polar surface area (TPSA) is 162 Å². The molecule has 0 aliphatic heterocycles. The molecule has 3 aromatic rings. The van der Waals surface area contributed by atoms with Gasteiger partial charge >= 0.3 is 6.09 Å². The highest BCUT2D eigenvalue weighted by molar-refractivity contribution is 5.98. The number of fused-ring (bicyclic) bond motifs is 1. The number of nitrogens with two attached hydrogens (primary N) is 1. The van der Waals surface area contributed by atoms with Gasteiger partial charge in [-0.15, -0.1) is 10.2 Å². The normalized spacial score (nSPS) is 17.2. The Morgan fingerprint density at radius 3 is 2.61 bits per heavy atom. The number of ether oxygens (including phenoxy) is 1. The van der Waals surface area contributed by atoms with Gasteiger partial charge in [0, 0.05) is 25.0 Å². The highest BCUT2D eigenvalue weighted by Gasteiger charge is 2.28. The molecule has 0 saturated heterocycles. The van der Waals surface area contributed by atoms with Gasteiger partial charge in [-0.2, -0.15) is 10.1 Å². The van der Waals surface area contributed by atoms with Crippen molar-refractivity contribution in [1.82, 2.24) is 30.3 Å². The number of aromatic nitrogens is 5. The molecule has 1 aromatic carbocycles. The van der Waals surface area contributed by atoms with Gasteiger partial charge in [-0.25, -0.2) is 4.79 Å². The summed E-state index contributed by atoms with van der Waals surface area (Å²) in [6, 6.07) is 5.66. The number of rotatable bonds is 7. The molecule has 5 N–H and O–H groups in total. The zero-order valence-electron chi connectivity index (χ0n) is 23.0. The lowest BCUT2D eigenvalue weighted by Crippen LogP contribution is -2.46. The fourth-order valence-corrected chi connectivity index (χ4v) is 4.39. The number of hydrogen-bond donors (Lipinski definition) is 4. The average molecular weight is 526 g/mol. The third kappa shape index (κ3) is 7.30. The lowest BCUT2D eigenvalue weighted by molar-refractivity contribution is 0.0472. The predicted octanol–water partition coefficient (Wildman–Crippen LogP) is 4.12. The van der Waals surface area contributed by atoms with Crippen molar-refractivity contribution in [2.45, 2.75) is 71.9 Å². The smallest absolute Gasteiger partial charge is 0.407 e. The second-order valence-corrected chi connectivity index (χ2v) is 10.0. The number of alkyl carbamates (subject to hydrolysis) is 1. The van der Waals surface area contributed by atoms with E-state index in [0.29, 0.717) is 12.2 Å². The molecule has 12 heteroatoms. The van der Waals surface area contributed by atoms with E-state index in [0.717, 1.165) is 36.6 Å². The zero-order valence-corrected chi connectivity index (χ0v) is 23.0. The number of nitrogens with zero attached hydrogens (tertiary/aromatic N) is 5. The van der Waals surface area contributed by atoms with Crippen molar-refractivity contribution in [2.75, 3.05) is 17.2 Å². The Labute approximate surface area is 223 Å². The second-order valence-electron chi connectivity index (χ2n) is 10.0. The van der Waals surface area contributed by atoms with Crippen LogP contribution in [0.1, 0.15) is 70.8 Å². The third-order valence-electron chi connectivity index (χ3n) is 6.10. The van der Waals surface area contributed by atoms with Crippen LogP contribution in [0.4, 0.5) is 22.2 Å². The molecule has 4 rings (SSSR count). The van der Waals surface area contributed by atoms with Gasteiger partial charge in [-0.1, -0.05) is 32.8 Å². The van der Waals surface area contributed by atoms with Crippen LogP contribution in [0.25, 0.3) is 10.9 Å². The summed E-state index contributed by atoms with van der Waals surface area (Å²) in [6.07, 6.45) is 5.23. The van der Waals surface area contributed by atoms with Crippen molar-refractivity contribution in [2.24, 2.45) is 18.7 Å². The van der Waals surface area contributed by atoms with E-state index in [-0.39, 0.29) is 29.4 Å². The second kappa shape index (κ2) is 12.5. The number of anilines is 3. The first kappa shape index (κ1) is 28.6. The number of hydrogen-bond acceptors (Lipinski definition) is 9. The maximum Gasteiger partial charge on any atom is 0.407 e. The van der Waals surface area contributed by atoms with Gasteiger partial charge in [0.15, 0.2) is 11.5 Å². The lowest BCUT2D eigenvalue weighted by atomic mass is 9.84. The number of amides is 2. The van der Waals surface area contributed by atoms with E-state index in [4.69, 9.17) is 10.5 Å². The number of carbonyl (C=O) groups excluding carboxylic acids is 2. The van der Waals surface area contributed by atoms with Gasteiger partial charge in [-0.3, -0.25) is 9.48 Å². The molecule has 0 spiro atoms. The minimum atomic E-state index is -0.740. The fraction of sp³-hybridized carbons (Fsp3) is 0.538. The summed E-state index contributed by atoms with van der Waals surface area (Å²) < 4.78 is 7.18. The van der Waals surface area contributed by atoms with Crippen molar-refractivity contribution in [3.63, 3.8) is 0 Å². The Kier molecular flexibility index (Phi) is 9.43. The summed E-state index contributed by atoms with van der Waals surface area (Å²) in [6.45, 7) is 10.0. The van der Waals surface area contributed by atoms with E-state index < -0.39 is 17.6 Å². The highest BCUT2D eigenvalue weighted by Crippen LogP contribution is 2.28. The van der Waals surface area contributed by atoms with Crippen LogP contribution in [-0.4, -0.2) is 55.1 Å². The van der Waals surface area contributed by atoms with E-state index in [1.165, 1.54) is 0 Å². The van der Waals surface area contributed by atoms with Crippen LogP contribution in [0.2, 0.25) is 0 Å². The molecule has 0 bridgehead atoms. The van der Waals surface area contributed by atoms with E-state index >= 15 is 0 Å². The minimum Gasteiger partial charge on any atom is -0.444 e. The highest BCUT2D eigenvalue weighted by atomic mass is 16.6. The Balaban J connectivity index is 0.00000195. The Hall–Kier alpha value is -3.96. The first-order valence-corrected chi connectivity index (χ1v) is 13.1. The molecule has 2 amide bonds. The first-order valence-electron chi connectivity index (χ1n) is 13.1. The number of carbonyl (C=O) groups is 2. The van der Waals surface area contributed by atoms with Crippen molar-refractivity contribution < 1.29 is 14.3 Å². The van der Waals surface area contributed by atoms with Crippen molar-refractivity contribution in [3.05, 3.63) is 30.1 Å². The van der Waals surface area contributed by atoms with Gasteiger partial charge in [0.1, 0.15) is 5.60 Å². The summed E-state index contributed by atoms with van der Waals surface area (Å²) in [4.78, 5) is 28.8. The average Bonchev–Trinajstić information content (AvgIpc) is 3.25. The molecule has 12 nitrogen and oxygen atoms in total. The van der Waals surface area contributed by atoms with E-state index in [2.05, 4.69) is 36.2 Å². The summed E-state index contributed by atoms with van der Waals surface area (Å²) in [5, 5.41) is 22.6. The van der Waals surface area contributed by atoms with Crippen LogP contribution >= 0.6 is 0 Å². The van der Waals surface area contributed by atoms with Crippen LogP contribution in [-0.2, 0) is 11.8 Å². The molecule has 1 aliphatic carbocycles. The fourth-order valence-electron chi connectivity index (χ4n) is 4.39. The van der Waals surface area contributed by atoms with Crippen LogP contribution in [0.15, 0.2) is 24.4 Å². The largest absolute Gasteiger partial charge is 0.444 e. The SMILES string of the molecule is CC.Cn1ncc2c(Nc3nc(NC[C@@H]4CCCC[C@@H]4NC(=O)OC(C)(C)C)nnc3C(N)=O)cccc21. The molecule has 2 heterocycles. The molecule has 1 saturated carbocycles. The van der Waals surface area contributed by atoms with Gasteiger partial charge in [0.25, 0.3) is 5.91 Å². The molecule has 1 fully saturated rings. The van der Waals surface area contributed by atoms with Crippen molar-refractivity contribution >= 4 is 40.4 Å². The van der Waals surface area contributed by atoms with Crippen LogP contribution in [0.3, 0.4) is 0 Å². The first-order chi connectivity index (χ1) is 18.1. The standard InChI is InChI=1S/C24H33N9O3.C2H6/c1-24(2,3)36-23(35)29-16-9-6-5-8-14(16)12-26-22-30-21(19(20(25)34)31-32-22)28-17-10-7-11-18-15(17)13-27-33(18)4;1-2/h7,10-11,13-14,16H,5-6,8-9,12H2,1-4H3,(H2,25,34)(H,29,35)(H2,26,28,30,32);1-2H3/t14-,16-;/m0./s1. The minimum absolute atomic E-state index is 0.0280. The molecule has 38 heavy (non-hydrogen) atoms. The quantitative estimate of drug-likeness (QED) is 0.355. The van der Waals surface area contributed by atoms with Gasteiger partial charge < -0.3 is 26.4 Å². The monoisotopic (exact) mass is 525 g/mol. The zero-order chi connectivity index (χ0) is 27.9. The lowest BCUT2D eigenvalue weighted by Gasteiger charge is -2.33. The van der Waals surface area contributed by atoms with E-state index in [1.807, 2.05) is 59.9 Å². The number of nitrogens with one attached hydrogen (secondary N) is 3. The van der Waals surface area contributed by atoms with Crippen molar-refractivity contribution in [1.29, 1.82) is 0 Å². The van der Waals surface area contributed by atoms with Crippen LogP contribution < -0.4 is 21.7 Å². The Bertz CT molecular complexity index is 1250. The molecule has 206 valence electrons. The molecule has 1 aliphatic rings. The molecule has 0 unspecified atom stereocenters. The molecular weight excluding hydrogens is 486 g/mol. The summed E-state index contributed by atoms with van der Waals surface area (Å²) in [5.74, 6) is -0.131. The molecule has 0 radical (unpaired) electrons. The van der Waals surface area contributed by atoms with Crippen LogP contribution in [0.5, 0.6) is 0 Å². The van der Waals surface area contributed by atoms with E-state index in [1.54, 1.807) is 10.9 Å². The number of benzene rings is 1. The predicted molar refractivity (Wildman–Crippen MR) is 147 cm³/mol. The molecule has 2 atom stereocenters.